The molecule has 0 saturated carbocycles. The molecule has 0 N–H and O–H groups in total. The molecule has 0 bridgehead atoms. The van der Waals surface area contributed by atoms with Crippen molar-refractivity contribution in [3.8, 4) is 5.75 Å². The van der Waals surface area contributed by atoms with E-state index in [0.29, 0.717) is 18.7 Å². The summed E-state index contributed by atoms with van der Waals surface area (Å²) >= 11 is 0. The molecule has 4 nitrogen and oxygen atoms in total. The molecule has 1 aromatic carbocycles. The topological polar surface area (TPSA) is 42.4 Å². The Hall–Kier alpha value is -2.36. The Kier molecular flexibility index (Phi) is 3.37. The van der Waals surface area contributed by atoms with E-state index in [-0.39, 0.29) is 5.91 Å². The third-order valence-electron chi connectivity index (χ3n) is 3.45. The highest BCUT2D eigenvalue weighted by Crippen LogP contribution is 2.26. The molecule has 2 aromatic rings. The van der Waals surface area contributed by atoms with E-state index in [2.05, 4.69) is 4.98 Å². The Balaban J connectivity index is 1.75. The first-order valence-electron chi connectivity index (χ1n) is 6.64. The van der Waals surface area contributed by atoms with E-state index >= 15 is 0 Å². The summed E-state index contributed by atoms with van der Waals surface area (Å²) in [6, 6.07) is 9.49. The summed E-state index contributed by atoms with van der Waals surface area (Å²) in [5.41, 5.74) is 2.90. The minimum atomic E-state index is 0.0245. The quantitative estimate of drug-likeness (QED) is 0.857. The van der Waals surface area contributed by atoms with Gasteiger partial charge in [0.1, 0.15) is 5.75 Å². The SMILES string of the molecule is CN(Cc1ccncc1)C(=O)c1ccc2c(c1)CCO2. The number of nitrogens with zero attached hydrogens (tertiary/aromatic N) is 2. The first-order valence-corrected chi connectivity index (χ1v) is 6.64. The number of ether oxygens (including phenoxy) is 1. The lowest BCUT2D eigenvalue weighted by Gasteiger charge is -2.17. The zero-order chi connectivity index (χ0) is 13.9. The van der Waals surface area contributed by atoms with Gasteiger partial charge in [-0.05, 0) is 41.5 Å². The van der Waals surface area contributed by atoms with Gasteiger partial charge in [0, 0.05) is 38.0 Å². The second kappa shape index (κ2) is 5.33. The van der Waals surface area contributed by atoms with Gasteiger partial charge in [0.15, 0.2) is 0 Å². The molecule has 0 saturated heterocycles. The van der Waals surface area contributed by atoms with E-state index in [1.54, 1.807) is 17.3 Å². The number of benzene rings is 1. The van der Waals surface area contributed by atoms with E-state index in [1.807, 2.05) is 37.4 Å². The molecular weight excluding hydrogens is 252 g/mol. The molecule has 4 heteroatoms. The lowest BCUT2D eigenvalue weighted by Crippen LogP contribution is -2.26. The molecule has 20 heavy (non-hydrogen) atoms. The van der Waals surface area contributed by atoms with Gasteiger partial charge in [-0.1, -0.05) is 0 Å². The number of amides is 1. The molecule has 0 unspecified atom stereocenters. The molecule has 1 amide bonds. The summed E-state index contributed by atoms with van der Waals surface area (Å²) in [5.74, 6) is 0.926. The third-order valence-corrected chi connectivity index (χ3v) is 3.45. The van der Waals surface area contributed by atoms with Crippen molar-refractivity contribution in [2.45, 2.75) is 13.0 Å². The average Bonchev–Trinajstić information content (AvgIpc) is 2.94. The van der Waals surface area contributed by atoms with Gasteiger partial charge in [-0.25, -0.2) is 0 Å². The lowest BCUT2D eigenvalue weighted by molar-refractivity contribution is 0.0785. The number of hydrogen-bond donors (Lipinski definition) is 0. The van der Waals surface area contributed by atoms with E-state index in [1.165, 1.54) is 0 Å². The Morgan fingerprint density at radius 2 is 2.10 bits per heavy atom. The average molecular weight is 268 g/mol. The highest BCUT2D eigenvalue weighted by Gasteiger charge is 2.17. The molecule has 0 fully saturated rings. The van der Waals surface area contributed by atoms with Gasteiger partial charge < -0.3 is 9.64 Å². The lowest BCUT2D eigenvalue weighted by atomic mass is 10.1. The zero-order valence-electron chi connectivity index (χ0n) is 11.4. The summed E-state index contributed by atoms with van der Waals surface area (Å²) in [5, 5.41) is 0. The Morgan fingerprint density at radius 1 is 1.30 bits per heavy atom. The van der Waals surface area contributed by atoms with Gasteiger partial charge in [0.25, 0.3) is 5.91 Å². The molecule has 0 aliphatic carbocycles. The number of carbonyl (C=O) groups excluding carboxylic acids is 1. The van der Waals surface area contributed by atoms with Crippen LogP contribution in [-0.2, 0) is 13.0 Å². The molecule has 1 aromatic heterocycles. The summed E-state index contributed by atoms with van der Waals surface area (Å²) in [6.45, 7) is 1.29. The first kappa shape index (κ1) is 12.7. The second-order valence-electron chi connectivity index (χ2n) is 4.94. The molecule has 1 aliphatic heterocycles. The minimum absolute atomic E-state index is 0.0245. The number of carbonyl (C=O) groups is 1. The normalized spacial score (nSPS) is 12.7. The van der Waals surface area contributed by atoms with E-state index in [4.69, 9.17) is 4.74 Å². The summed E-state index contributed by atoms with van der Waals surface area (Å²) in [7, 11) is 1.81. The first-order chi connectivity index (χ1) is 9.74. The Bertz CT molecular complexity index is 626. The van der Waals surface area contributed by atoms with Crippen LogP contribution in [0.4, 0.5) is 0 Å². The van der Waals surface area contributed by atoms with Crippen LogP contribution in [-0.4, -0.2) is 29.4 Å². The van der Waals surface area contributed by atoms with Crippen molar-refractivity contribution < 1.29 is 9.53 Å². The molecule has 1 aliphatic rings. The highest BCUT2D eigenvalue weighted by atomic mass is 16.5. The Labute approximate surface area is 118 Å². The number of pyridine rings is 1. The second-order valence-corrected chi connectivity index (χ2v) is 4.94. The minimum Gasteiger partial charge on any atom is -0.493 e. The fourth-order valence-electron chi connectivity index (χ4n) is 2.37. The van der Waals surface area contributed by atoms with Crippen molar-refractivity contribution in [3.05, 3.63) is 59.4 Å². The smallest absolute Gasteiger partial charge is 0.253 e. The van der Waals surface area contributed by atoms with Gasteiger partial charge in [-0.3, -0.25) is 9.78 Å². The number of aromatic nitrogens is 1. The van der Waals surface area contributed by atoms with Gasteiger partial charge in [0.2, 0.25) is 0 Å². The maximum atomic E-state index is 12.4. The van der Waals surface area contributed by atoms with Gasteiger partial charge in [-0.2, -0.15) is 0 Å². The largest absolute Gasteiger partial charge is 0.493 e. The predicted octanol–water partition coefficient (Wildman–Crippen LogP) is 2.29. The monoisotopic (exact) mass is 268 g/mol. The van der Waals surface area contributed by atoms with Crippen LogP contribution < -0.4 is 4.74 Å². The van der Waals surface area contributed by atoms with Crippen LogP contribution in [0, 0.1) is 0 Å². The van der Waals surface area contributed by atoms with Crippen molar-refractivity contribution in [1.29, 1.82) is 0 Å². The molecule has 2 heterocycles. The predicted molar refractivity (Wildman–Crippen MR) is 75.7 cm³/mol. The zero-order valence-corrected chi connectivity index (χ0v) is 11.4. The maximum Gasteiger partial charge on any atom is 0.253 e. The van der Waals surface area contributed by atoms with Crippen molar-refractivity contribution in [3.63, 3.8) is 0 Å². The van der Waals surface area contributed by atoms with E-state index in [9.17, 15) is 4.79 Å². The number of hydrogen-bond acceptors (Lipinski definition) is 3. The standard InChI is InChI=1S/C16H16N2O2/c1-18(11-12-4-7-17-8-5-12)16(19)14-2-3-15-13(10-14)6-9-20-15/h2-5,7-8,10H,6,9,11H2,1H3. The van der Waals surface area contributed by atoms with E-state index < -0.39 is 0 Å². The van der Waals surface area contributed by atoms with Gasteiger partial charge in [0.05, 0.1) is 6.61 Å². The summed E-state index contributed by atoms with van der Waals surface area (Å²) in [6.07, 6.45) is 4.35. The van der Waals surface area contributed by atoms with Crippen molar-refractivity contribution >= 4 is 5.91 Å². The van der Waals surface area contributed by atoms with Gasteiger partial charge >= 0.3 is 0 Å². The highest BCUT2D eigenvalue weighted by molar-refractivity contribution is 5.94. The van der Waals surface area contributed by atoms with E-state index in [0.717, 1.165) is 23.3 Å². The molecule has 3 rings (SSSR count). The van der Waals surface area contributed by atoms with Crippen LogP contribution in [0.3, 0.4) is 0 Å². The third kappa shape index (κ3) is 2.50. The number of fused-ring (bicyclic) bond motifs is 1. The van der Waals surface area contributed by atoms with Crippen LogP contribution >= 0.6 is 0 Å². The van der Waals surface area contributed by atoms with Crippen LogP contribution in [0.1, 0.15) is 21.5 Å². The van der Waals surface area contributed by atoms with Crippen molar-refractivity contribution in [1.82, 2.24) is 9.88 Å². The molecule has 0 spiro atoms. The van der Waals surface area contributed by atoms with Crippen LogP contribution in [0.25, 0.3) is 0 Å². The Morgan fingerprint density at radius 3 is 2.90 bits per heavy atom. The summed E-state index contributed by atoms with van der Waals surface area (Å²) in [4.78, 5) is 18.1. The number of rotatable bonds is 3. The fourth-order valence-corrected chi connectivity index (χ4v) is 2.37. The van der Waals surface area contributed by atoms with Crippen molar-refractivity contribution in [2.24, 2.45) is 0 Å². The van der Waals surface area contributed by atoms with Gasteiger partial charge in [-0.15, -0.1) is 0 Å². The summed E-state index contributed by atoms with van der Waals surface area (Å²) < 4.78 is 5.46. The maximum absolute atomic E-state index is 12.4. The molecule has 0 atom stereocenters. The van der Waals surface area contributed by atoms with Crippen molar-refractivity contribution in [2.75, 3.05) is 13.7 Å². The molecular formula is C16H16N2O2. The molecule has 0 radical (unpaired) electrons. The van der Waals surface area contributed by atoms with Crippen LogP contribution in [0.15, 0.2) is 42.7 Å². The molecule has 102 valence electrons. The van der Waals surface area contributed by atoms with Crippen LogP contribution in [0.5, 0.6) is 5.75 Å². The van der Waals surface area contributed by atoms with Crippen LogP contribution in [0.2, 0.25) is 0 Å². The fraction of sp³-hybridized carbons (Fsp3) is 0.250.